The summed E-state index contributed by atoms with van der Waals surface area (Å²) in [5.41, 5.74) is 3.02. The van der Waals surface area contributed by atoms with Gasteiger partial charge in [-0.3, -0.25) is 14.8 Å². The maximum atomic E-state index is 10.8. The summed E-state index contributed by atoms with van der Waals surface area (Å²) in [7, 11) is 0. The van der Waals surface area contributed by atoms with Crippen LogP contribution in [0.4, 0.5) is 11.5 Å². The molecule has 7 nitrogen and oxygen atoms in total. The van der Waals surface area contributed by atoms with E-state index in [0.717, 1.165) is 47.6 Å². The fourth-order valence-corrected chi connectivity index (χ4v) is 2.67. The molecule has 0 spiro atoms. The molecule has 7 heteroatoms. The predicted octanol–water partition coefficient (Wildman–Crippen LogP) is 3.46. The zero-order valence-electron chi connectivity index (χ0n) is 13.7. The Morgan fingerprint density at radius 3 is 2.75 bits per heavy atom. The predicted molar refractivity (Wildman–Crippen MR) is 93.2 cm³/mol. The third-order valence-electron chi connectivity index (χ3n) is 3.84. The van der Waals surface area contributed by atoms with Crippen molar-refractivity contribution in [1.82, 2.24) is 14.8 Å². The van der Waals surface area contributed by atoms with Gasteiger partial charge >= 0.3 is 0 Å². The first-order chi connectivity index (χ1) is 11.5. The van der Waals surface area contributed by atoms with Gasteiger partial charge in [0, 0.05) is 36.3 Å². The minimum absolute atomic E-state index is 0.0786. The minimum Gasteiger partial charge on any atom is -0.370 e. The van der Waals surface area contributed by atoms with Gasteiger partial charge in [-0.15, -0.1) is 0 Å². The molecular formula is C17H19N5O2. The highest BCUT2D eigenvalue weighted by molar-refractivity contribution is 5.82. The summed E-state index contributed by atoms with van der Waals surface area (Å²) in [4.78, 5) is 14.9. The minimum atomic E-state index is -0.398. The van der Waals surface area contributed by atoms with Crippen molar-refractivity contribution in [2.45, 2.75) is 26.8 Å². The first kappa shape index (κ1) is 15.9. The van der Waals surface area contributed by atoms with Gasteiger partial charge in [-0.05, 0) is 44.5 Å². The SMILES string of the molecule is Cc1cc(C)n(CCCNc2ccc3cc([N+](=O)[O-])ccc3n2)n1. The van der Waals surface area contributed by atoms with Crippen molar-refractivity contribution in [3.8, 4) is 0 Å². The largest absolute Gasteiger partial charge is 0.370 e. The maximum absolute atomic E-state index is 10.8. The summed E-state index contributed by atoms with van der Waals surface area (Å²) in [6.07, 6.45) is 0.932. The van der Waals surface area contributed by atoms with E-state index in [2.05, 4.69) is 28.4 Å². The molecule has 24 heavy (non-hydrogen) atoms. The van der Waals surface area contributed by atoms with Crippen LogP contribution in [-0.4, -0.2) is 26.2 Å². The Kier molecular flexibility index (Phi) is 4.41. The van der Waals surface area contributed by atoms with E-state index in [1.807, 2.05) is 23.7 Å². The van der Waals surface area contributed by atoms with E-state index in [9.17, 15) is 10.1 Å². The van der Waals surface area contributed by atoms with Gasteiger partial charge in [-0.1, -0.05) is 0 Å². The molecule has 0 saturated heterocycles. The smallest absolute Gasteiger partial charge is 0.270 e. The number of aryl methyl sites for hydroxylation is 3. The van der Waals surface area contributed by atoms with Crippen molar-refractivity contribution in [2.24, 2.45) is 0 Å². The molecule has 0 amide bonds. The van der Waals surface area contributed by atoms with Gasteiger partial charge in [0.05, 0.1) is 16.1 Å². The fourth-order valence-electron chi connectivity index (χ4n) is 2.67. The molecule has 0 aliphatic carbocycles. The molecule has 3 rings (SSSR count). The lowest BCUT2D eigenvalue weighted by molar-refractivity contribution is -0.384. The zero-order chi connectivity index (χ0) is 17.1. The number of non-ortho nitro benzene ring substituents is 1. The van der Waals surface area contributed by atoms with Crippen LogP contribution in [0.3, 0.4) is 0 Å². The Balaban J connectivity index is 1.60. The van der Waals surface area contributed by atoms with Gasteiger partial charge in [-0.2, -0.15) is 5.10 Å². The number of rotatable bonds is 6. The van der Waals surface area contributed by atoms with E-state index in [1.165, 1.54) is 12.1 Å². The number of nitro groups is 1. The molecule has 0 fully saturated rings. The second-order valence-electron chi connectivity index (χ2n) is 5.76. The molecule has 2 heterocycles. The lowest BCUT2D eigenvalue weighted by Crippen LogP contribution is -2.09. The summed E-state index contributed by atoms with van der Waals surface area (Å²) in [5, 5.41) is 19.3. The molecular weight excluding hydrogens is 306 g/mol. The first-order valence-electron chi connectivity index (χ1n) is 7.83. The number of benzene rings is 1. The van der Waals surface area contributed by atoms with Gasteiger partial charge in [0.25, 0.3) is 5.69 Å². The Morgan fingerprint density at radius 2 is 2.04 bits per heavy atom. The maximum Gasteiger partial charge on any atom is 0.270 e. The second-order valence-corrected chi connectivity index (χ2v) is 5.76. The van der Waals surface area contributed by atoms with E-state index < -0.39 is 4.92 Å². The van der Waals surface area contributed by atoms with Crippen LogP contribution in [0, 0.1) is 24.0 Å². The molecule has 0 aliphatic rings. The molecule has 0 bridgehead atoms. The van der Waals surface area contributed by atoms with Crippen LogP contribution in [0.25, 0.3) is 10.9 Å². The van der Waals surface area contributed by atoms with Crippen molar-refractivity contribution < 1.29 is 4.92 Å². The summed E-state index contributed by atoms with van der Waals surface area (Å²) < 4.78 is 2.00. The Labute approximate surface area is 139 Å². The van der Waals surface area contributed by atoms with Gasteiger partial charge in [0.2, 0.25) is 0 Å². The van der Waals surface area contributed by atoms with E-state index in [-0.39, 0.29) is 5.69 Å². The Bertz CT molecular complexity index is 888. The van der Waals surface area contributed by atoms with Gasteiger partial charge < -0.3 is 5.32 Å². The summed E-state index contributed by atoms with van der Waals surface area (Å²) >= 11 is 0. The van der Waals surface area contributed by atoms with Crippen LogP contribution in [-0.2, 0) is 6.54 Å². The number of pyridine rings is 1. The zero-order valence-corrected chi connectivity index (χ0v) is 13.7. The molecule has 0 radical (unpaired) electrons. The number of nitrogens with one attached hydrogen (secondary N) is 1. The van der Waals surface area contributed by atoms with E-state index >= 15 is 0 Å². The van der Waals surface area contributed by atoms with Crippen LogP contribution in [0.15, 0.2) is 36.4 Å². The number of nitro benzene ring substituents is 1. The van der Waals surface area contributed by atoms with E-state index in [1.54, 1.807) is 6.07 Å². The summed E-state index contributed by atoms with van der Waals surface area (Å²) in [5.74, 6) is 0.768. The van der Waals surface area contributed by atoms with Crippen LogP contribution < -0.4 is 5.32 Å². The average Bonchev–Trinajstić information content (AvgIpc) is 2.88. The van der Waals surface area contributed by atoms with E-state index in [4.69, 9.17) is 0 Å². The first-order valence-corrected chi connectivity index (χ1v) is 7.83. The highest BCUT2D eigenvalue weighted by Gasteiger charge is 2.07. The third kappa shape index (κ3) is 3.51. The van der Waals surface area contributed by atoms with Crippen molar-refractivity contribution in [1.29, 1.82) is 0 Å². The van der Waals surface area contributed by atoms with Crippen molar-refractivity contribution >= 4 is 22.4 Å². The number of nitrogens with zero attached hydrogens (tertiary/aromatic N) is 4. The second kappa shape index (κ2) is 6.66. The molecule has 124 valence electrons. The van der Waals surface area contributed by atoms with Gasteiger partial charge in [0.1, 0.15) is 5.82 Å². The highest BCUT2D eigenvalue weighted by Crippen LogP contribution is 2.21. The normalized spacial score (nSPS) is 10.9. The van der Waals surface area contributed by atoms with Crippen LogP contribution in [0.2, 0.25) is 0 Å². The lowest BCUT2D eigenvalue weighted by atomic mass is 10.2. The average molecular weight is 325 g/mol. The molecule has 3 aromatic rings. The molecule has 0 unspecified atom stereocenters. The molecule has 0 atom stereocenters. The van der Waals surface area contributed by atoms with Gasteiger partial charge in [-0.25, -0.2) is 4.98 Å². The topological polar surface area (TPSA) is 85.9 Å². The van der Waals surface area contributed by atoms with Crippen molar-refractivity contribution in [2.75, 3.05) is 11.9 Å². The fraction of sp³-hybridized carbons (Fsp3) is 0.294. The summed E-state index contributed by atoms with van der Waals surface area (Å²) in [6.45, 7) is 5.68. The van der Waals surface area contributed by atoms with Crippen LogP contribution in [0.1, 0.15) is 17.8 Å². The standard InChI is InChI=1S/C17H19N5O2/c1-12-10-13(2)21(20-12)9-3-8-18-17-7-4-14-11-15(22(23)24)5-6-16(14)19-17/h4-7,10-11H,3,8-9H2,1-2H3,(H,18,19). The number of hydrogen-bond acceptors (Lipinski definition) is 5. The van der Waals surface area contributed by atoms with Crippen molar-refractivity contribution in [3.05, 3.63) is 57.9 Å². The Morgan fingerprint density at radius 1 is 1.21 bits per heavy atom. The molecule has 1 N–H and O–H groups in total. The lowest BCUT2D eigenvalue weighted by Gasteiger charge is -2.08. The number of hydrogen-bond donors (Lipinski definition) is 1. The Hall–Kier alpha value is -2.96. The highest BCUT2D eigenvalue weighted by atomic mass is 16.6. The van der Waals surface area contributed by atoms with Crippen LogP contribution in [0.5, 0.6) is 0 Å². The molecule has 0 aliphatic heterocycles. The van der Waals surface area contributed by atoms with Gasteiger partial charge in [0.15, 0.2) is 0 Å². The quantitative estimate of drug-likeness (QED) is 0.426. The molecule has 1 aromatic carbocycles. The van der Waals surface area contributed by atoms with Crippen molar-refractivity contribution in [3.63, 3.8) is 0 Å². The molecule has 2 aromatic heterocycles. The third-order valence-corrected chi connectivity index (χ3v) is 3.84. The summed E-state index contributed by atoms with van der Waals surface area (Å²) in [6, 6.07) is 10.4. The molecule has 0 saturated carbocycles. The van der Waals surface area contributed by atoms with Crippen LogP contribution >= 0.6 is 0 Å². The monoisotopic (exact) mass is 325 g/mol. The number of anilines is 1. The number of fused-ring (bicyclic) bond motifs is 1. The van der Waals surface area contributed by atoms with E-state index in [0.29, 0.717) is 0 Å². The number of aromatic nitrogens is 3.